The van der Waals surface area contributed by atoms with Crippen LogP contribution in [0.25, 0.3) is 11.3 Å². The number of fused-ring (bicyclic) bond motifs is 1. The molecule has 0 spiro atoms. The minimum Gasteiger partial charge on any atom is -0.466 e. The van der Waals surface area contributed by atoms with Crippen LogP contribution in [0.3, 0.4) is 0 Å². The van der Waals surface area contributed by atoms with Gasteiger partial charge in [-0.05, 0) is 80.5 Å². The van der Waals surface area contributed by atoms with E-state index < -0.39 is 5.82 Å². The van der Waals surface area contributed by atoms with E-state index in [1.807, 2.05) is 62.6 Å². The van der Waals surface area contributed by atoms with Gasteiger partial charge in [0.25, 0.3) is 5.91 Å². The van der Waals surface area contributed by atoms with Crippen LogP contribution in [0, 0.1) is 5.82 Å². The first-order valence-corrected chi connectivity index (χ1v) is 11.9. The molecular formula is C29H30FN3O3. The Kier molecular flexibility index (Phi) is 7.80. The summed E-state index contributed by atoms with van der Waals surface area (Å²) in [7, 11) is 4.03. The molecule has 0 unspecified atom stereocenters. The summed E-state index contributed by atoms with van der Waals surface area (Å²) < 4.78 is 18.9. The van der Waals surface area contributed by atoms with Gasteiger partial charge in [-0.3, -0.25) is 9.59 Å². The number of rotatable bonds is 9. The van der Waals surface area contributed by atoms with Crippen molar-refractivity contribution in [2.75, 3.05) is 31.3 Å². The van der Waals surface area contributed by atoms with Gasteiger partial charge in [0.15, 0.2) is 0 Å². The molecule has 3 aromatic rings. The van der Waals surface area contributed by atoms with Crippen molar-refractivity contribution in [3.63, 3.8) is 0 Å². The van der Waals surface area contributed by atoms with E-state index in [4.69, 9.17) is 4.74 Å². The Morgan fingerprint density at radius 3 is 2.53 bits per heavy atom. The summed E-state index contributed by atoms with van der Waals surface area (Å²) in [5, 5.41) is 6.22. The molecule has 0 atom stereocenters. The lowest BCUT2D eigenvalue weighted by molar-refractivity contribution is -0.143. The monoisotopic (exact) mass is 487 g/mol. The summed E-state index contributed by atoms with van der Waals surface area (Å²) in [6.07, 6.45) is 0.787. The number of halogens is 1. The van der Waals surface area contributed by atoms with Crippen molar-refractivity contribution in [1.29, 1.82) is 0 Å². The summed E-state index contributed by atoms with van der Waals surface area (Å²) in [6, 6.07) is 20.0. The molecule has 1 aliphatic rings. The SMILES string of the molecule is CCOC(=O)CCc1cccc(/C(Nc2ccc(CN(C)C)cc2)=C2/C(=O)Nc3cc(F)ccc32)c1. The molecule has 0 aliphatic carbocycles. The van der Waals surface area contributed by atoms with E-state index in [9.17, 15) is 14.0 Å². The molecule has 3 aromatic carbocycles. The molecule has 186 valence electrons. The van der Waals surface area contributed by atoms with Crippen LogP contribution >= 0.6 is 0 Å². The van der Waals surface area contributed by atoms with Crippen molar-refractivity contribution in [3.05, 3.63) is 94.8 Å². The number of esters is 1. The number of carbonyl (C=O) groups excluding carboxylic acids is 2. The molecule has 0 radical (unpaired) electrons. The average Bonchev–Trinajstić information content (AvgIpc) is 3.16. The number of ether oxygens (including phenoxy) is 1. The number of anilines is 2. The predicted molar refractivity (Wildman–Crippen MR) is 141 cm³/mol. The Morgan fingerprint density at radius 2 is 1.81 bits per heavy atom. The van der Waals surface area contributed by atoms with Crippen LogP contribution in [0.15, 0.2) is 66.7 Å². The molecule has 1 heterocycles. The van der Waals surface area contributed by atoms with Gasteiger partial charge in [0.1, 0.15) is 5.82 Å². The topological polar surface area (TPSA) is 70.7 Å². The summed E-state index contributed by atoms with van der Waals surface area (Å²) in [6.45, 7) is 2.95. The maximum Gasteiger partial charge on any atom is 0.306 e. The second kappa shape index (κ2) is 11.2. The lowest BCUT2D eigenvalue weighted by atomic mass is 9.97. The van der Waals surface area contributed by atoms with Gasteiger partial charge in [-0.15, -0.1) is 0 Å². The van der Waals surface area contributed by atoms with E-state index in [2.05, 4.69) is 15.5 Å². The number of hydrogen-bond donors (Lipinski definition) is 2. The first-order chi connectivity index (χ1) is 17.3. The van der Waals surface area contributed by atoms with Crippen molar-refractivity contribution >= 4 is 34.5 Å². The molecule has 0 saturated carbocycles. The molecule has 0 bridgehead atoms. The Morgan fingerprint density at radius 1 is 1.03 bits per heavy atom. The highest BCUT2D eigenvalue weighted by Gasteiger charge is 2.29. The molecule has 0 aromatic heterocycles. The summed E-state index contributed by atoms with van der Waals surface area (Å²) in [4.78, 5) is 27.0. The summed E-state index contributed by atoms with van der Waals surface area (Å²) in [5.41, 5.74) is 5.83. The second-order valence-corrected chi connectivity index (χ2v) is 8.96. The van der Waals surface area contributed by atoms with Crippen molar-refractivity contribution < 1.29 is 18.7 Å². The average molecular weight is 488 g/mol. The molecule has 6 nitrogen and oxygen atoms in total. The molecular weight excluding hydrogens is 457 g/mol. The predicted octanol–water partition coefficient (Wildman–Crippen LogP) is 5.32. The lowest BCUT2D eigenvalue weighted by Crippen LogP contribution is -2.11. The number of carbonyl (C=O) groups is 2. The summed E-state index contributed by atoms with van der Waals surface area (Å²) in [5.74, 6) is -0.968. The molecule has 36 heavy (non-hydrogen) atoms. The van der Waals surface area contributed by atoms with Crippen LogP contribution in [0.1, 0.15) is 35.6 Å². The van der Waals surface area contributed by atoms with E-state index in [1.54, 1.807) is 13.0 Å². The highest BCUT2D eigenvalue weighted by atomic mass is 19.1. The van der Waals surface area contributed by atoms with Gasteiger partial charge in [0.2, 0.25) is 0 Å². The molecule has 0 saturated heterocycles. The largest absolute Gasteiger partial charge is 0.466 e. The molecule has 4 rings (SSSR count). The maximum atomic E-state index is 13.8. The van der Waals surface area contributed by atoms with Gasteiger partial charge in [-0.2, -0.15) is 0 Å². The van der Waals surface area contributed by atoms with Gasteiger partial charge in [-0.1, -0.05) is 30.3 Å². The number of hydrogen-bond acceptors (Lipinski definition) is 5. The van der Waals surface area contributed by atoms with Crippen molar-refractivity contribution in [2.24, 2.45) is 0 Å². The van der Waals surface area contributed by atoms with Crippen molar-refractivity contribution in [2.45, 2.75) is 26.3 Å². The first kappa shape index (κ1) is 25.1. The Balaban J connectivity index is 1.74. The zero-order valence-electron chi connectivity index (χ0n) is 20.7. The number of nitrogens with one attached hydrogen (secondary N) is 2. The van der Waals surface area contributed by atoms with Crippen molar-refractivity contribution in [3.8, 4) is 0 Å². The smallest absolute Gasteiger partial charge is 0.306 e. The van der Waals surface area contributed by atoms with Crippen LogP contribution < -0.4 is 10.6 Å². The standard InChI is InChI=1S/C29H30FN3O3/c1-4-36-26(34)15-10-19-6-5-7-21(16-19)28(31-23-12-8-20(9-13-23)18-33(2)3)27-24-14-11-22(30)17-25(24)32-29(27)35/h5-9,11-14,16-17,31H,4,10,15,18H2,1-3H3,(H,32,35)/b28-27-. The van der Waals surface area contributed by atoms with Crippen LogP contribution in [0.5, 0.6) is 0 Å². The van der Waals surface area contributed by atoms with Crippen LogP contribution in [-0.4, -0.2) is 37.5 Å². The Labute approximate surface area is 210 Å². The van der Waals surface area contributed by atoms with Crippen LogP contribution in [0.4, 0.5) is 15.8 Å². The van der Waals surface area contributed by atoms with Gasteiger partial charge < -0.3 is 20.3 Å². The molecule has 1 amide bonds. The molecule has 2 N–H and O–H groups in total. The van der Waals surface area contributed by atoms with Gasteiger partial charge in [0, 0.05) is 24.2 Å². The van der Waals surface area contributed by atoms with E-state index in [1.165, 1.54) is 17.7 Å². The fourth-order valence-electron chi connectivity index (χ4n) is 4.24. The van der Waals surface area contributed by atoms with Crippen molar-refractivity contribution in [1.82, 2.24) is 4.90 Å². The quantitative estimate of drug-likeness (QED) is 0.316. The highest BCUT2D eigenvalue weighted by molar-refractivity contribution is 6.37. The third-order valence-corrected chi connectivity index (χ3v) is 5.84. The lowest BCUT2D eigenvalue weighted by Gasteiger charge is -2.17. The second-order valence-electron chi connectivity index (χ2n) is 8.96. The fourth-order valence-corrected chi connectivity index (χ4v) is 4.24. The number of amides is 1. The fraction of sp³-hybridized carbons (Fsp3) is 0.241. The molecule has 0 fully saturated rings. The van der Waals surface area contributed by atoms with Crippen LogP contribution in [-0.2, 0) is 27.3 Å². The molecule has 7 heteroatoms. The normalized spacial score (nSPS) is 13.9. The number of aryl methyl sites for hydroxylation is 1. The summed E-state index contributed by atoms with van der Waals surface area (Å²) >= 11 is 0. The zero-order valence-corrected chi connectivity index (χ0v) is 20.7. The van der Waals surface area contributed by atoms with E-state index in [0.29, 0.717) is 35.5 Å². The van der Waals surface area contributed by atoms with E-state index >= 15 is 0 Å². The Bertz CT molecular complexity index is 1300. The molecule has 1 aliphatic heterocycles. The zero-order chi connectivity index (χ0) is 25.7. The van der Waals surface area contributed by atoms with Gasteiger partial charge >= 0.3 is 5.97 Å². The minimum atomic E-state index is -0.415. The number of benzene rings is 3. The third kappa shape index (κ3) is 5.98. The third-order valence-electron chi connectivity index (χ3n) is 5.84. The van der Waals surface area contributed by atoms with E-state index in [-0.39, 0.29) is 18.3 Å². The number of nitrogens with zero attached hydrogens (tertiary/aromatic N) is 1. The van der Waals surface area contributed by atoms with Crippen LogP contribution in [0.2, 0.25) is 0 Å². The highest BCUT2D eigenvalue weighted by Crippen LogP contribution is 2.38. The van der Waals surface area contributed by atoms with E-state index in [0.717, 1.165) is 23.4 Å². The minimum absolute atomic E-state index is 0.247. The van der Waals surface area contributed by atoms with Gasteiger partial charge in [0.05, 0.1) is 23.6 Å². The first-order valence-electron chi connectivity index (χ1n) is 11.9. The van der Waals surface area contributed by atoms with Gasteiger partial charge in [-0.25, -0.2) is 4.39 Å². The Hall–Kier alpha value is -3.97. The maximum absolute atomic E-state index is 13.8.